The molecule has 8 nitrogen and oxygen atoms in total. The van der Waals surface area contributed by atoms with E-state index in [1.807, 2.05) is 0 Å². The minimum atomic E-state index is -1.00. The highest BCUT2D eigenvalue weighted by Crippen LogP contribution is 2.24. The molecule has 0 heterocycles. The fraction of sp³-hybridized carbons (Fsp3) is 0. The topological polar surface area (TPSA) is 136 Å². The fourth-order valence-corrected chi connectivity index (χ4v) is 1.12. The van der Waals surface area contributed by atoms with E-state index in [1.54, 1.807) is 5.32 Å². The summed E-state index contributed by atoms with van der Waals surface area (Å²) in [5.74, 6) is -1.12. The maximum atomic E-state index is 11.0. The molecule has 0 bridgehead atoms. The van der Waals surface area contributed by atoms with Gasteiger partial charge in [-0.05, 0) is 12.1 Å². The zero-order valence-electron chi connectivity index (χ0n) is 8.99. The molecular weight excluding hydrogens is 242 g/mol. The Kier molecular flexibility index (Phi) is 3.98. The van der Waals surface area contributed by atoms with E-state index in [2.05, 4.69) is 0 Å². The molecule has 1 rings (SSSR count). The van der Waals surface area contributed by atoms with Gasteiger partial charge >= 0.3 is 6.03 Å². The molecule has 0 aliphatic heterocycles. The monoisotopic (exact) mass is 251 g/mol. The molecule has 0 atom stereocenters. The van der Waals surface area contributed by atoms with Crippen LogP contribution in [0.5, 0.6) is 5.75 Å². The predicted octanol–water partition coefficient (Wildman–Crippen LogP) is 0.508. The first-order valence-electron chi connectivity index (χ1n) is 4.66. The number of carbonyl (C=O) groups excluding carboxylic acids is 2. The summed E-state index contributed by atoms with van der Waals surface area (Å²) in [6, 6.07) is 2.39. The molecule has 0 saturated heterocycles. The van der Waals surface area contributed by atoms with Gasteiger partial charge in [0.05, 0.1) is 11.0 Å². The molecule has 1 aromatic rings. The molecule has 4 N–H and O–H groups in total. The third-order valence-electron chi connectivity index (χ3n) is 1.89. The van der Waals surface area contributed by atoms with Crippen molar-refractivity contribution in [1.82, 2.24) is 5.32 Å². The van der Waals surface area contributed by atoms with E-state index in [9.17, 15) is 24.8 Å². The highest BCUT2D eigenvalue weighted by molar-refractivity contribution is 6.01. The van der Waals surface area contributed by atoms with Crippen molar-refractivity contribution < 1.29 is 19.6 Å². The van der Waals surface area contributed by atoms with E-state index in [0.29, 0.717) is 0 Å². The minimum Gasteiger partial charge on any atom is -0.507 e. The van der Waals surface area contributed by atoms with Crippen LogP contribution in [-0.4, -0.2) is 22.0 Å². The smallest absolute Gasteiger partial charge is 0.319 e. The summed E-state index contributed by atoms with van der Waals surface area (Å²) in [4.78, 5) is 31.1. The third kappa shape index (κ3) is 3.59. The van der Waals surface area contributed by atoms with Gasteiger partial charge in [0.2, 0.25) is 0 Å². The molecule has 0 radical (unpaired) electrons. The Morgan fingerprint density at radius 2 is 2.11 bits per heavy atom. The summed E-state index contributed by atoms with van der Waals surface area (Å²) in [5.41, 5.74) is 4.64. The number of phenolic OH excluding ortho intramolecular Hbond substituents is 1. The van der Waals surface area contributed by atoms with Gasteiger partial charge in [0.15, 0.2) is 0 Å². The number of imide groups is 1. The average molecular weight is 251 g/mol. The summed E-state index contributed by atoms with van der Waals surface area (Å²) in [5, 5.41) is 21.7. The van der Waals surface area contributed by atoms with Gasteiger partial charge < -0.3 is 10.8 Å². The lowest BCUT2D eigenvalue weighted by atomic mass is 10.1. The Balaban J connectivity index is 2.85. The molecule has 94 valence electrons. The first kappa shape index (κ1) is 13.2. The second-order valence-corrected chi connectivity index (χ2v) is 3.19. The summed E-state index contributed by atoms with van der Waals surface area (Å²) < 4.78 is 0. The maximum absolute atomic E-state index is 11.0. The van der Waals surface area contributed by atoms with E-state index in [0.717, 1.165) is 12.1 Å². The number of carbonyl (C=O) groups is 2. The highest BCUT2D eigenvalue weighted by Gasteiger charge is 2.08. The van der Waals surface area contributed by atoms with Crippen molar-refractivity contribution in [1.29, 1.82) is 0 Å². The number of amides is 3. The molecule has 0 unspecified atom stereocenters. The number of non-ortho nitro benzene ring substituents is 1. The molecule has 0 aliphatic carbocycles. The first-order chi connectivity index (χ1) is 8.40. The van der Waals surface area contributed by atoms with Crippen molar-refractivity contribution in [2.24, 2.45) is 5.73 Å². The Labute approximate surface area is 101 Å². The van der Waals surface area contributed by atoms with Crippen LogP contribution in [0.3, 0.4) is 0 Å². The van der Waals surface area contributed by atoms with Crippen molar-refractivity contribution in [2.75, 3.05) is 0 Å². The number of nitro benzene ring substituents is 1. The van der Waals surface area contributed by atoms with Crippen molar-refractivity contribution in [3.8, 4) is 5.75 Å². The number of rotatable bonds is 3. The van der Waals surface area contributed by atoms with E-state index < -0.39 is 16.9 Å². The number of aromatic hydroxyl groups is 1. The largest absolute Gasteiger partial charge is 0.507 e. The number of nitro groups is 1. The van der Waals surface area contributed by atoms with Crippen LogP contribution in [0, 0.1) is 10.1 Å². The Morgan fingerprint density at radius 1 is 1.44 bits per heavy atom. The van der Waals surface area contributed by atoms with Gasteiger partial charge in [0.1, 0.15) is 5.75 Å². The van der Waals surface area contributed by atoms with Crippen molar-refractivity contribution >= 4 is 23.7 Å². The van der Waals surface area contributed by atoms with Crippen molar-refractivity contribution in [2.45, 2.75) is 0 Å². The lowest BCUT2D eigenvalue weighted by Gasteiger charge is -1.99. The van der Waals surface area contributed by atoms with Gasteiger partial charge in [0, 0.05) is 17.7 Å². The van der Waals surface area contributed by atoms with E-state index in [4.69, 9.17) is 5.73 Å². The van der Waals surface area contributed by atoms with Gasteiger partial charge in [-0.15, -0.1) is 0 Å². The van der Waals surface area contributed by atoms with E-state index in [-0.39, 0.29) is 17.0 Å². The summed E-state index contributed by atoms with van der Waals surface area (Å²) >= 11 is 0. The predicted molar refractivity (Wildman–Crippen MR) is 61.5 cm³/mol. The molecule has 8 heteroatoms. The summed E-state index contributed by atoms with van der Waals surface area (Å²) in [7, 11) is 0. The second kappa shape index (κ2) is 5.43. The molecule has 0 aliphatic rings. The zero-order chi connectivity index (χ0) is 13.7. The normalized spacial score (nSPS) is 10.2. The Bertz CT molecular complexity index is 538. The molecule has 0 saturated carbocycles. The van der Waals surface area contributed by atoms with Crippen LogP contribution in [0.4, 0.5) is 10.5 Å². The molecule has 18 heavy (non-hydrogen) atoms. The molecule has 0 spiro atoms. The molecule has 1 aromatic carbocycles. The summed E-state index contributed by atoms with van der Waals surface area (Å²) in [6.07, 6.45) is 2.16. The van der Waals surface area contributed by atoms with E-state index >= 15 is 0 Å². The third-order valence-corrected chi connectivity index (χ3v) is 1.89. The summed E-state index contributed by atoms with van der Waals surface area (Å²) in [6.45, 7) is 0. The Hall–Kier alpha value is -2.90. The number of nitrogens with one attached hydrogen (secondary N) is 1. The van der Waals surface area contributed by atoms with Crippen LogP contribution in [-0.2, 0) is 4.79 Å². The average Bonchev–Trinajstić information content (AvgIpc) is 2.26. The molecule has 0 fully saturated rings. The molecular formula is C10H9N3O5. The van der Waals surface area contributed by atoms with Gasteiger partial charge in [0.25, 0.3) is 11.6 Å². The van der Waals surface area contributed by atoms with Crippen LogP contribution in [0.2, 0.25) is 0 Å². The van der Waals surface area contributed by atoms with Gasteiger partial charge in [-0.25, -0.2) is 4.79 Å². The number of urea groups is 1. The molecule has 3 amide bonds. The van der Waals surface area contributed by atoms with Crippen LogP contribution >= 0.6 is 0 Å². The first-order valence-corrected chi connectivity index (χ1v) is 4.66. The maximum Gasteiger partial charge on any atom is 0.319 e. The SMILES string of the molecule is NC(=O)NC(=O)C=Cc1ccc([N+](=O)[O-])cc1O. The lowest BCUT2D eigenvalue weighted by Crippen LogP contribution is -2.33. The standard InChI is InChI=1S/C10H9N3O5/c11-10(16)12-9(15)4-2-6-1-3-7(13(17)18)5-8(6)14/h1-5,14H,(H3,11,12,15,16). The van der Waals surface area contributed by atoms with Crippen LogP contribution in [0.25, 0.3) is 6.08 Å². The Morgan fingerprint density at radius 3 is 2.61 bits per heavy atom. The van der Waals surface area contributed by atoms with Crippen molar-refractivity contribution in [3.05, 3.63) is 40.0 Å². The number of hydrogen-bond donors (Lipinski definition) is 3. The number of phenols is 1. The zero-order valence-corrected chi connectivity index (χ0v) is 8.99. The van der Waals surface area contributed by atoms with Gasteiger partial charge in [-0.3, -0.25) is 20.2 Å². The van der Waals surface area contributed by atoms with Crippen molar-refractivity contribution in [3.63, 3.8) is 0 Å². The van der Waals surface area contributed by atoms with Crippen LogP contribution in [0.15, 0.2) is 24.3 Å². The molecule has 0 aromatic heterocycles. The number of nitrogens with two attached hydrogens (primary N) is 1. The van der Waals surface area contributed by atoms with Gasteiger partial charge in [-0.1, -0.05) is 0 Å². The van der Waals surface area contributed by atoms with Crippen LogP contribution in [0.1, 0.15) is 5.56 Å². The number of primary amides is 1. The lowest BCUT2D eigenvalue weighted by molar-refractivity contribution is -0.384. The number of nitrogens with zero attached hydrogens (tertiary/aromatic N) is 1. The van der Waals surface area contributed by atoms with E-state index in [1.165, 1.54) is 18.2 Å². The quantitative estimate of drug-likeness (QED) is 0.408. The number of hydrogen-bond acceptors (Lipinski definition) is 5. The minimum absolute atomic E-state index is 0.195. The fourth-order valence-electron chi connectivity index (χ4n) is 1.12. The second-order valence-electron chi connectivity index (χ2n) is 3.19. The number of benzene rings is 1. The van der Waals surface area contributed by atoms with Crippen LogP contribution < -0.4 is 11.1 Å². The highest BCUT2D eigenvalue weighted by atomic mass is 16.6. The van der Waals surface area contributed by atoms with Gasteiger partial charge in [-0.2, -0.15) is 0 Å².